The van der Waals surface area contributed by atoms with Gasteiger partial charge >= 0.3 is 0 Å². The fourth-order valence-electron chi connectivity index (χ4n) is 1.55. The first-order valence-electron chi connectivity index (χ1n) is 5.45. The fraction of sp³-hybridized carbons (Fsp3) is 0.167. The number of nitrogens with two attached hydrogens (primary N) is 1. The standard InChI is InChI=1S/C12H13BrN4O/c1-2-17-7-8(6-16-17)18-10-5-3-4-9(13)11(10)12(14)15/h3-7H,2H2,1H3,(H3,14,15). The van der Waals surface area contributed by atoms with Gasteiger partial charge in [0.2, 0.25) is 0 Å². The molecule has 2 aromatic rings. The molecule has 2 rings (SSSR count). The van der Waals surface area contributed by atoms with E-state index in [1.54, 1.807) is 23.1 Å². The van der Waals surface area contributed by atoms with Gasteiger partial charge in [-0.3, -0.25) is 10.1 Å². The van der Waals surface area contributed by atoms with Gasteiger partial charge in [-0.2, -0.15) is 5.10 Å². The Balaban J connectivity index is 2.34. The predicted octanol–water partition coefficient (Wildman–Crippen LogP) is 2.74. The molecule has 0 aliphatic rings. The van der Waals surface area contributed by atoms with Gasteiger partial charge in [0.05, 0.1) is 18.0 Å². The van der Waals surface area contributed by atoms with Crippen molar-refractivity contribution < 1.29 is 4.74 Å². The van der Waals surface area contributed by atoms with Crippen LogP contribution in [0.1, 0.15) is 12.5 Å². The Hall–Kier alpha value is -1.82. The lowest BCUT2D eigenvalue weighted by atomic mass is 10.2. The van der Waals surface area contributed by atoms with E-state index in [0.29, 0.717) is 17.1 Å². The Bertz CT molecular complexity index is 579. The molecule has 1 aromatic carbocycles. The summed E-state index contributed by atoms with van der Waals surface area (Å²) in [4.78, 5) is 0. The van der Waals surface area contributed by atoms with Gasteiger partial charge in [0.25, 0.3) is 0 Å². The highest BCUT2D eigenvalue weighted by Gasteiger charge is 2.12. The van der Waals surface area contributed by atoms with Gasteiger partial charge in [-0.1, -0.05) is 6.07 Å². The summed E-state index contributed by atoms with van der Waals surface area (Å²) in [6.45, 7) is 2.78. The van der Waals surface area contributed by atoms with Crippen molar-refractivity contribution in [3.05, 3.63) is 40.6 Å². The second-order valence-corrected chi connectivity index (χ2v) is 4.51. The molecule has 0 bridgehead atoms. The second kappa shape index (κ2) is 5.22. The van der Waals surface area contributed by atoms with Gasteiger partial charge in [0.15, 0.2) is 5.75 Å². The molecule has 0 unspecified atom stereocenters. The molecule has 0 atom stereocenters. The van der Waals surface area contributed by atoms with Crippen LogP contribution in [-0.4, -0.2) is 15.6 Å². The minimum Gasteiger partial charge on any atom is -0.453 e. The number of rotatable bonds is 4. The summed E-state index contributed by atoms with van der Waals surface area (Å²) >= 11 is 3.36. The summed E-state index contributed by atoms with van der Waals surface area (Å²) in [6.07, 6.45) is 3.43. The number of halogens is 1. The molecule has 0 radical (unpaired) electrons. The first-order chi connectivity index (χ1) is 8.61. The molecule has 1 heterocycles. The molecule has 3 N–H and O–H groups in total. The number of hydrogen-bond acceptors (Lipinski definition) is 3. The number of aromatic nitrogens is 2. The van der Waals surface area contributed by atoms with Crippen LogP contribution in [0.25, 0.3) is 0 Å². The maximum Gasteiger partial charge on any atom is 0.165 e. The zero-order valence-corrected chi connectivity index (χ0v) is 11.4. The zero-order valence-electron chi connectivity index (χ0n) is 9.85. The third-order valence-corrected chi connectivity index (χ3v) is 3.07. The van der Waals surface area contributed by atoms with Crippen molar-refractivity contribution in [3.63, 3.8) is 0 Å². The van der Waals surface area contributed by atoms with Crippen LogP contribution in [-0.2, 0) is 6.54 Å². The number of hydrogen-bond donors (Lipinski definition) is 2. The molecule has 0 spiro atoms. The summed E-state index contributed by atoms with van der Waals surface area (Å²) in [6, 6.07) is 5.42. The van der Waals surface area contributed by atoms with E-state index in [9.17, 15) is 0 Å². The molecule has 6 heteroatoms. The lowest BCUT2D eigenvalue weighted by Gasteiger charge is -2.10. The van der Waals surface area contributed by atoms with Gasteiger partial charge in [0.1, 0.15) is 11.6 Å². The van der Waals surface area contributed by atoms with Crippen molar-refractivity contribution in [2.24, 2.45) is 5.73 Å². The molecular weight excluding hydrogens is 296 g/mol. The van der Waals surface area contributed by atoms with E-state index in [4.69, 9.17) is 15.9 Å². The average molecular weight is 309 g/mol. The van der Waals surface area contributed by atoms with Crippen LogP contribution in [0.15, 0.2) is 35.1 Å². The number of aryl methyl sites for hydroxylation is 1. The fourth-order valence-corrected chi connectivity index (χ4v) is 2.11. The van der Waals surface area contributed by atoms with Crippen LogP contribution in [0, 0.1) is 5.41 Å². The maximum absolute atomic E-state index is 7.57. The van der Waals surface area contributed by atoms with Gasteiger partial charge < -0.3 is 10.5 Å². The monoisotopic (exact) mass is 308 g/mol. The van der Waals surface area contributed by atoms with Crippen LogP contribution in [0.4, 0.5) is 0 Å². The SMILES string of the molecule is CCn1cc(Oc2cccc(Br)c2C(=N)N)cn1. The lowest BCUT2D eigenvalue weighted by molar-refractivity contribution is 0.479. The van der Waals surface area contributed by atoms with Crippen molar-refractivity contribution in [3.8, 4) is 11.5 Å². The summed E-state index contributed by atoms with van der Waals surface area (Å²) < 4.78 is 8.20. The topological polar surface area (TPSA) is 76.9 Å². The smallest absolute Gasteiger partial charge is 0.165 e. The lowest BCUT2D eigenvalue weighted by Crippen LogP contribution is -2.13. The number of nitrogen functional groups attached to an aromatic ring is 1. The van der Waals surface area contributed by atoms with E-state index in [2.05, 4.69) is 21.0 Å². The Morgan fingerprint density at radius 2 is 2.33 bits per heavy atom. The number of benzene rings is 1. The molecule has 18 heavy (non-hydrogen) atoms. The summed E-state index contributed by atoms with van der Waals surface area (Å²) in [5.41, 5.74) is 6.10. The summed E-state index contributed by atoms with van der Waals surface area (Å²) in [7, 11) is 0. The van der Waals surface area contributed by atoms with Crippen molar-refractivity contribution in [2.45, 2.75) is 13.5 Å². The van der Waals surface area contributed by atoms with E-state index in [-0.39, 0.29) is 5.84 Å². The number of nitrogens with zero attached hydrogens (tertiary/aromatic N) is 2. The van der Waals surface area contributed by atoms with E-state index in [0.717, 1.165) is 11.0 Å². The molecule has 0 aliphatic carbocycles. The Labute approximate surface area is 113 Å². The highest BCUT2D eigenvalue weighted by atomic mass is 79.9. The Morgan fingerprint density at radius 3 is 2.94 bits per heavy atom. The van der Waals surface area contributed by atoms with Crippen molar-refractivity contribution in [1.82, 2.24) is 9.78 Å². The predicted molar refractivity (Wildman–Crippen MR) is 73.1 cm³/mol. The molecule has 1 aromatic heterocycles. The quantitative estimate of drug-likeness (QED) is 0.673. The summed E-state index contributed by atoms with van der Waals surface area (Å²) in [5.74, 6) is 1.12. The Kier molecular flexibility index (Phi) is 3.66. The largest absolute Gasteiger partial charge is 0.453 e. The second-order valence-electron chi connectivity index (χ2n) is 3.66. The van der Waals surface area contributed by atoms with Crippen molar-refractivity contribution >= 4 is 21.8 Å². The molecular formula is C12H13BrN4O. The normalized spacial score (nSPS) is 10.3. The average Bonchev–Trinajstić information content (AvgIpc) is 2.76. The van der Waals surface area contributed by atoms with E-state index >= 15 is 0 Å². The third kappa shape index (κ3) is 2.53. The minimum atomic E-state index is -0.0413. The minimum absolute atomic E-state index is 0.0413. The van der Waals surface area contributed by atoms with Crippen LogP contribution in [0.3, 0.4) is 0 Å². The molecule has 0 saturated carbocycles. The van der Waals surface area contributed by atoms with Gasteiger partial charge in [-0.25, -0.2) is 0 Å². The number of nitrogens with one attached hydrogen (secondary N) is 1. The van der Waals surface area contributed by atoms with Crippen LogP contribution in [0.5, 0.6) is 11.5 Å². The number of ether oxygens (including phenoxy) is 1. The zero-order chi connectivity index (χ0) is 13.1. The molecule has 0 amide bonds. The van der Waals surface area contributed by atoms with Gasteiger partial charge in [-0.05, 0) is 35.0 Å². The highest BCUT2D eigenvalue weighted by Crippen LogP contribution is 2.30. The third-order valence-electron chi connectivity index (χ3n) is 2.41. The maximum atomic E-state index is 7.57. The molecule has 0 fully saturated rings. The van der Waals surface area contributed by atoms with Crippen molar-refractivity contribution in [2.75, 3.05) is 0 Å². The molecule has 0 aliphatic heterocycles. The highest BCUT2D eigenvalue weighted by molar-refractivity contribution is 9.10. The Morgan fingerprint density at radius 1 is 1.56 bits per heavy atom. The van der Waals surface area contributed by atoms with Crippen LogP contribution >= 0.6 is 15.9 Å². The van der Waals surface area contributed by atoms with E-state index in [1.807, 2.05) is 19.1 Å². The van der Waals surface area contributed by atoms with E-state index in [1.165, 1.54) is 0 Å². The van der Waals surface area contributed by atoms with Gasteiger partial charge in [-0.15, -0.1) is 0 Å². The van der Waals surface area contributed by atoms with Gasteiger partial charge in [0, 0.05) is 11.0 Å². The van der Waals surface area contributed by atoms with E-state index < -0.39 is 0 Å². The molecule has 94 valence electrons. The van der Waals surface area contributed by atoms with Crippen LogP contribution < -0.4 is 10.5 Å². The van der Waals surface area contributed by atoms with Crippen LogP contribution in [0.2, 0.25) is 0 Å². The number of amidine groups is 1. The first kappa shape index (κ1) is 12.6. The summed E-state index contributed by atoms with van der Waals surface area (Å²) in [5, 5.41) is 11.7. The van der Waals surface area contributed by atoms with Crippen molar-refractivity contribution in [1.29, 1.82) is 5.41 Å². The first-order valence-corrected chi connectivity index (χ1v) is 6.24. The molecule has 5 nitrogen and oxygen atoms in total. The molecule has 0 saturated heterocycles.